The van der Waals surface area contributed by atoms with Crippen LogP contribution in [0.1, 0.15) is 25.7 Å². The summed E-state index contributed by atoms with van der Waals surface area (Å²) in [5, 5.41) is 0.546. The van der Waals surface area contributed by atoms with Crippen LogP contribution in [0.3, 0.4) is 0 Å². The third kappa shape index (κ3) is 10.7. The van der Waals surface area contributed by atoms with E-state index in [1.165, 1.54) is 12.8 Å². The summed E-state index contributed by atoms with van der Waals surface area (Å²) in [5.41, 5.74) is 5.76. The van der Waals surface area contributed by atoms with Crippen molar-refractivity contribution in [3.8, 4) is 0 Å². The highest BCUT2D eigenvalue weighted by Crippen LogP contribution is 2.00. The van der Waals surface area contributed by atoms with Crippen LogP contribution in [0.4, 0.5) is 0 Å². The predicted octanol–water partition coefficient (Wildman–Crippen LogP) is 1.22. The molecule has 0 fully saturated rings. The van der Waals surface area contributed by atoms with E-state index in [9.17, 15) is 0 Å². The van der Waals surface area contributed by atoms with E-state index in [4.69, 9.17) is 18.0 Å². The van der Waals surface area contributed by atoms with Crippen molar-refractivity contribution >= 4 is 17.3 Å². The molecule has 0 aromatic carbocycles. The first-order chi connectivity index (χ1) is 8.43. The van der Waals surface area contributed by atoms with Gasteiger partial charge in [-0.05, 0) is 79.2 Å². The number of rotatable bonds is 10. The molecule has 0 atom stereocenters. The molecule has 0 aliphatic rings. The van der Waals surface area contributed by atoms with Gasteiger partial charge in [0.1, 0.15) is 0 Å². The molecule has 0 bridgehead atoms. The molecule has 0 aromatic rings. The van der Waals surface area contributed by atoms with Gasteiger partial charge in [-0.3, -0.25) is 0 Å². The molecule has 0 saturated heterocycles. The van der Waals surface area contributed by atoms with Crippen LogP contribution < -0.4 is 5.73 Å². The van der Waals surface area contributed by atoms with Gasteiger partial charge >= 0.3 is 0 Å². The van der Waals surface area contributed by atoms with Crippen molar-refractivity contribution in [3.05, 3.63) is 0 Å². The molecule has 0 rings (SSSR count). The number of unbranched alkanes of at least 4 members (excludes halogenated alkanes) is 2. The first-order valence-electron chi connectivity index (χ1n) is 6.77. The summed E-state index contributed by atoms with van der Waals surface area (Å²) >= 11 is 5.10. The summed E-state index contributed by atoms with van der Waals surface area (Å²) in [6.45, 7) is 4.24. The van der Waals surface area contributed by atoms with Crippen LogP contribution in [0.2, 0.25) is 0 Å². The van der Waals surface area contributed by atoms with Crippen molar-refractivity contribution < 1.29 is 0 Å². The molecule has 4 nitrogen and oxygen atoms in total. The van der Waals surface area contributed by atoms with E-state index >= 15 is 0 Å². The molecule has 2 N–H and O–H groups in total. The molecule has 0 heterocycles. The van der Waals surface area contributed by atoms with Gasteiger partial charge in [0.05, 0.1) is 0 Å². The molecule has 0 aliphatic heterocycles. The normalized spacial score (nSPS) is 11.2. The Balaban J connectivity index is 3.69. The second kappa shape index (κ2) is 10.5. The maximum atomic E-state index is 5.76. The van der Waals surface area contributed by atoms with Gasteiger partial charge in [0.2, 0.25) is 0 Å². The number of hydrogen-bond donors (Lipinski definition) is 1. The number of nitrogens with two attached hydrogens (primary N) is 1. The van der Waals surface area contributed by atoms with Gasteiger partial charge in [-0.1, -0.05) is 0 Å². The Morgan fingerprint density at radius 2 is 1.11 bits per heavy atom. The first kappa shape index (κ1) is 17.6. The van der Waals surface area contributed by atoms with E-state index < -0.39 is 0 Å². The summed E-state index contributed by atoms with van der Waals surface area (Å²) in [6, 6.07) is 0. The van der Waals surface area contributed by atoms with Gasteiger partial charge in [0.25, 0.3) is 0 Å². The highest BCUT2D eigenvalue weighted by molar-refractivity contribution is 7.80. The Morgan fingerprint density at radius 3 is 1.39 bits per heavy atom. The number of nitrogens with zero attached hydrogens (tertiary/aromatic N) is 3. The minimum absolute atomic E-state index is 0.546. The monoisotopic (exact) mass is 274 g/mol. The Kier molecular flexibility index (Phi) is 10.3. The van der Waals surface area contributed by atoms with E-state index in [1.807, 2.05) is 0 Å². The van der Waals surface area contributed by atoms with E-state index in [0.29, 0.717) is 5.11 Å². The molecular weight excluding hydrogens is 244 g/mol. The van der Waals surface area contributed by atoms with E-state index in [-0.39, 0.29) is 0 Å². The van der Waals surface area contributed by atoms with Crippen LogP contribution in [0.15, 0.2) is 0 Å². The third-order valence-electron chi connectivity index (χ3n) is 2.88. The van der Waals surface area contributed by atoms with Crippen LogP contribution in [0.25, 0.3) is 0 Å². The minimum Gasteiger partial charge on any atom is -0.376 e. The molecular formula is C13H30N4S. The quantitative estimate of drug-likeness (QED) is 0.479. The Labute approximate surface area is 118 Å². The summed E-state index contributed by atoms with van der Waals surface area (Å²) in [5.74, 6) is 0. The fraction of sp³-hybridized carbons (Fsp3) is 0.923. The summed E-state index contributed by atoms with van der Waals surface area (Å²) in [4.78, 5) is 6.56. The third-order valence-corrected chi connectivity index (χ3v) is 3.14. The van der Waals surface area contributed by atoms with Gasteiger partial charge in [0.15, 0.2) is 5.11 Å². The highest BCUT2D eigenvalue weighted by atomic mass is 32.1. The lowest BCUT2D eigenvalue weighted by Gasteiger charge is -2.23. The molecule has 18 heavy (non-hydrogen) atoms. The van der Waals surface area contributed by atoms with Gasteiger partial charge in [-0.15, -0.1) is 0 Å². The Hall–Kier alpha value is -0.390. The smallest absolute Gasteiger partial charge is 0.166 e. The molecule has 108 valence electrons. The molecule has 0 spiro atoms. The van der Waals surface area contributed by atoms with Crippen LogP contribution >= 0.6 is 12.2 Å². The second-order valence-electron chi connectivity index (χ2n) is 5.35. The number of thiocarbonyl (C=S) groups is 1. The van der Waals surface area contributed by atoms with Crippen LogP contribution in [-0.2, 0) is 0 Å². The lowest BCUT2D eigenvalue weighted by Crippen LogP contribution is -2.37. The number of hydrogen-bond acceptors (Lipinski definition) is 3. The van der Waals surface area contributed by atoms with Gasteiger partial charge in [-0.25, -0.2) is 0 Å². The van der Waals surface area contributed by atoms with Gasteiger partial charge in [0, 0.05) is 13.1 Å². The van der Waals surface area contributed by atoms with E-state index in [0.717, 1.165) is 39.0 Å². The van der Waals surface area contributed by atoms with Crippen molar-refractivity contribution in [1.29, 1.82) is 0 Å². The average Bonchev–Trinajstić information content (AvgIpc) is 2.25. The second-order valence-corrected chi connectivity index (χ2v) is 5.76. The topological polar surface area (TPSA) is 35.7 Å². The van der Waals surface area contributed by atoms with Crippen LogP contribution in [-0.4, -0.2) is 74.2 Å². The highest BCUT2D eigenvalue weighted by Gasteiger charge is 2.05. The average molecular weight is 274 g/mol. The van der Waals surface area contributed by atoms with Crippen LogP contribution in [0.5, 0.6) is 0 Å². The summed E-state index contributed by atoms with van der Waals surface area (Å²) < 4.78 is 0. The Bertz CT molecular complexity index is 203. The molecule has 5 heteroatoms. The van der Waals surface area contributed by atoms with Crippen molar-refractivity contribution in [3.63, 3.8) is 0 Å². The zero-order chi connectivity index (χ0) is 14.0. The lowest BCUT2D eigenvalue weighted by atomic mass is 10.2. The minimum atomic E-state index is 0.546. The summed E-state index contributed by atoms with van der Waals surface area (Å²) in [7, 11) is 8.42. The van der Waals surface area contributed by atoms with Crippen molar-refractivity contribution in [2.45, 2.75) is 25.7 Å². The first-order valence-corrected chi connectivity index (χ1v) is 7.18. The molecule has 0 aromatic heterocycles. The lowest BCUT2D eigenvalue weighted by molar-refractivity contribution is 0.342. The molecule has 0 aliphatic carbocycles. The summed E-state index contributed by atoms with van der Waals surface area (Å²) in [6.07, 6.45) is 4.71. The van der Waals surface area contributed by atoms with Crippen molar-refractivity contribution in [2.75, 3.05) is 54.4 Å². The fourth-order valence-corrected chi connectivity index (χ4v) is 1.98. The maximum absolute atomic E-state index is 5.76. The largest absolute Gasteiger partial charge is 0.376 e. The zero-order valence-corrected chi connectivity index (χ0v) is 13.3. The van der Waals surface area contributed by atoms with Crippen molar-refractivity contribution in [2.24, 2.45) is 5.73 Å². The fourth-order valence-electron chi connectivity index (χ4n) is 1.79. The zero-order valence-electron chi connectivity index (χ0n) is 12.5. The molecule has 0 amide bonds. The predicted molar refractivity (Wildman–Crippen MR) is 83.9 cm³/mol. The SMILES string of the molecule is CN(C)CCCCN(CCCCN(C)C)C(N)=S. The maximum Gasteiger partial charge on any atom is 0.166 e. The van der Waals surface area contributed by atoms with Gasteiger partial charge < -0.3 is 20.4 Å². The van der Waals surface area contributed by atoms with E-state index in [1.54, 1.807) is 0 Å². The van der Waals surface area contributed by atoms with Crippen LogP contribution in [0, 0.1) is 0 Å². The molecule has 0 saturated carbocycles. The standard InChI is InChI=1S/C13H30N4S/c1-15(2)9-5-7-11-17(13(14)18)12-8-6-10-16(3)4/h5-12H2,1-4H3,(H2,14,18). The van der Waals surface area contributed by atoms with E-state index in [2.05, 4.69) is 42.9 Å². The Morgan fingerprint density at radius 1 is 0.778 bits per heavy atom. The van der Waals surface area contributed by atoms with Gasteiger partial charge in [-0.2, -0.15) is 0 Å². The van der Waals surface area contributed by atoms with Crippen molar-refractivity contribution in [1.82, 2.24) is 14.7 Å². The molecule has 0 unspecified atom stereocenters. The molecule has 0 radical (unpaired) electrons.